The van der Waals surface area contributed by atoms with Crippen molar-refractivity contribution in [3.8, 4) is 0 Å². The first-order chi connectivity index (χ1) is 10.0. The van der Waals surface area contributed by atoms with Crippen LogP contribution in [0, 0.1) is 11.3 Å². The van der Waals surface area contributed by atoms with Gasteiger partial charge in [0.25, 0.3) is 0 Å². The lowest BCUT2D eigenvalue weighted by atomic mass is 9.69. The predicted octanol–water partition coefficient (Wildman–Crippen LogP) is 1.40. The highest BCUT2D eigenvalue weighted by atomic mass is 16.3. The quantitative estimate of drug-likeness (QED) is 0.805. The van der Waals surface area contributed by atoms with E-state index in [2.05, 4.69) is 36.0 Å². The lowest BCUT2D eigenvalue weighted by molar-refractivity contribution is 0.104. The number of nitrogens with zero attached hydrogens (tertiary/aromatic N) is 2. The Labute approximate surface area is 130 Å². The Morgan fingerprint density at radius 3 is 2.57 bits per heavy atom. The molecule has 0 aromatic rings. The maximum atomic E-state index is 9.10. The first-order valence-electron chi connectivity index (χ1n) is 8.77. The molecule has 2 fully saturated rings. The standard InChI is InChI=1S/C17H35N3O/c1-17(2)6-5-16(18-3)15(13-17)14-20-8-4-7-19(9-10-20)11-12-21/h15-16,18,21H,4-14H2,1-3H3. The molecule has 1 saturated heterocycles. The molecule has 0 amide bonds. The fourth-order valence-electron chi connectivity index (χ4n) is 4.21. The lowest BCUT2D eigenvalue weighted by Gasteiger charge is -2.42. The predicted molar refractivity (Wildman–Crippen MR) is 88.6 cm³/mol. The molecule has 0 aromatic heterocycles. The summed E-state index contributed by atoms with van der Waals surface area (Å²) in [7, 11) is 2.13. The number of nitrogens with one attached hydrogen (secondary N) is 1. The van der Waals surface area contributed by atoms with Gasteiger partial charge in [0, 0.05) is 32.2 Å². The minimum atomic E-state index is 0.290. The van der Waals surface area contributed by atoms with Gasteiger partial charge in [0.2, 0.25) is 0 Å². The minimum absolute atomic E-state index is 0.290. The van der Waals surface area contributed by atoms with Gasteiger partial charge in [-0.05, 0) is 57.2 Å². The molecule has 0 bridgehead atoms. The first kappa shape index (κ1) is 17.2. The lowest BCUT2D eigenvalue weighted by Crippen LogP contribution is -2.47. The molecule has 2 aliphatic rings. The number of hydrogen-bond acceptors (Lipinski definition) is 4. The highest BCUT2D eigenvalue weighted by Crippen LogP contribution is 2.39. The highest BCUT2D eigenvalue weighted by molar-refractivity contribution is 4.90. The van der Waals surface area contributed by atoms with E-state index in [0.717, 1.165) is 32.1 Å². The molecule has 2 atom stereocenters. The van der Waals surface area contributed by atoms with Crippen molar-refractivity contribution in [3.63, 3.8) is 0 Å². The Morgan fingerprint density at radius 1 is 1.14 bits per heavy atom. The Hall–Kier alpha value is -0.160. The van der Waals surface area contributed by atoms with Crippen molar-refractivity contribution in [2.75, 3.05) is 52.9 Å². The summed E-state index contributed by atoms with van der Waals surface area (Å²) in [5, 5.41) is 12.7. The molecule has 1 saturated carbocycles. The first-order valence-corrected chi connectivity index (χ1v) is 8.77. The van der Waals surface area contributed by atoms with Crippen molar-refractivity contribution in [1.82, 2.24) is 15.1 Å². The second kappa shape index (κ2) is 7.91. The van der Waals surface area contributed by atoms with Crippen LogP contribution in [0.25, 0.3) is 0 Å². The summed E-state index contributed by atoms with van der Waals surface area (Å²) >= 11 is 0. The second-order valence-corrected chi connectivity index (χ2v) is 7.78. The number of β-amino-alcohol motifs (C(OH)–C–C–N with tert-alkyl or cyclic N) is 1. The van der Waals surface area contributed by atoms with Gasteiger partial charge < -0.3 is 15.3 Å². The fraction of sp³-hybridized carbons (Fsp3) is 1.00. The largest absolute Gasteiger partial charge is 0.395 e. The van der Waals surface area contributed by atoms with Crippen LogP contribution in [0.5, 0.6) is 0 Å². The van der Waals surface area contributed by atoms with E-state index in [-0.39, 0.29) is 0 Å². The number of rotatable bonds is 5. The van der Waals surface area contributed by atoms with Gasteiger partial charge in [-0.15, -0.1) is 0 Å². The fourth-order valence-corrected chi connectivity index (χ4v) is 4.21. The third kappa shape index (κ3) is 5.20. The summed E-state index contributed by atoms with van der Waals surface area (Å²) in [4.78, 5) is 5.06. The van der Waals surface area contributed by atoms with Crippen molar-refractivity contribution < 1.29 is 5.11 Å². The third-order valence-corrected chi connectivity index (χ3v) is 5.48. The molecule has 1 heterocycles. The topological polar surface area (TPSA) is 38.7 Å². The molecule has 0 aromatic carbocycles. The molecule has 124 valence electrons. The van der Waals surface area contributed by atoms with Crippen LogP contribution in [-0.2, 0) is 0 Å². The smallest absolute Gasteiger partial charge is 0.0558 e. The van der Waals surface area contributed by atoms with Gasteiger partial charge in [0.1, 0.15) is 0 Å². The second-order valence-electron chi connectivity index (χ2n) is 7.78. The zero-order valence-electron chi connectivity index (χ0n) is 14.3. The van der Waals surface area contributed by atoms with E-state index < -0.39 is 0 Å². The van der Waals surface area contributed by atoms with Crippen molar-refractivity contribution in [1.29, 1.82) is 0 Å². The van der Waals surface area contributed by atoms with E-state index >= 15 is 0 Å². The van der Waals surface area contributed by atoms with Crippen molar-refractivity contribution in [2.45, 2.75) is 45.6 Å². The number of hydrogen-bond donors (Lipinski definition) is 2. The summed E-state index contributed by atoms with van der Waals surface area (Å²) in [5.74, 6) is 0.781. The molecule has 0 spiro atoms. The van der Waals surface area contributed by atoms with Gasteiger partial charge in [-0.1, -0.05) is 13.8 Å². The monoisotopic (exact) mass is 297 g/mol. The zero-order valence-corrected chi connectivity index (χ0v) is 14.3. The van der Waals surface area contributed by atoms with E-state index in [1.54, 1.807) is 0 Å². The molecular weight excluding hydrogens is 262 g/mol. The molecule has 21 heavy (non-hydrogen) atoms. The van der Waals surface area contributed by atoms with Gasteiger partial charge >= 0.3 is 0 Å². The molecule has 2 N–H and O–H groups in total. The van der Waals surface area contributed by atoms with Gasteiger partial charge in [-0.2, -0.15) is 0 Å². The summed E-state index contributed by atoms with van der Waals surface area (Å²) in [6, 6.07) is 0.690. The molecule has 2 unspecified atom stereocenters. The summed E-state index contributed by atoms with van der Waals surface area (Å²) in [5.41, 5.74) is 0.507. The maximum absolute atomic E-state index is 9.10. The van der Waals surface area contributed by atoms with E-state index in [1.165, 1.54) is 38.8 Å². The van der Waals surface area contributed by atoms with Gasteiger partial charge in [-0.3, -0.25) is 4.90 Å². The van der Waals surface area contributed by atoms with Crippen molar-refractivity contribution in [3.05, 3.63) is 0 Å². The number of aliphatic hydroxyl groups is 1. The Balaban J connectivity index is 1.86. The van der Waals surface area contributed by atoms with Gasteiger partial charge in [0.05, 0.1) is 6.61 Å². The average molecular weight is 297 g/mol. The molecule has 1 aliphatic heterocycles. The van der Waals surface area contributed by atoms with Crippen LogP contribution >= 0.6 is 0 Å². The molecular formula is C17H35N3O. The van der Waals surface area contributed by atoms with E-state index in [1.807, 2.05) is 0 Å². The van der Waals surface area contributed by atoms with Gasteiger partial charge in [-0.25, -0.2) is 0 Å². The van der Waals surface area contributed by atoms with Crippen LogP contribution in [0.15, 0.2) is 0 Å². The summed E-state index contributed by atoms with van der Waals surface area (Å²) < 4.78 is 0. The van der Waals surface area contributed by atoms with Crippen LogP contribution < -0.4 is 5.32 Å². The molecule has 0 radical (unpaired) electrons. The van der Waals surface area contributed by atoms with E-state index in [0.29, 0.717) is 18.1 Å². The van der Waals surface area contributed by atoms with Gasteiger partial charge in [0.15, 0.2) is 0 Å². The summed E-state index contributed by atoms with van der Waals surface area (Å²) in [6.07, 6.45) is 5.24. The normalized spacial score (nSPS) is 32.0. The SMILES string of the molecule is CNC1CCC(C)(C)CC1CN1CCCN(CCO)CC1. The van der Waals surface area contributed by atoms with Crippen LogP contribution in [0.1, 0.15) is 39.5 Å². The minimum Gasteiger partial charge on any atom is -0.395 e. The van der Waals surface area contributed by atoms with Crippen molar-refractivity contribution >= 4 is 0 Å². The van der Waals surface area contributed by atoms with Crippen molar-refractivity contribution in [2.24, 2.45) is 11.3 Å². The third-order valence-electron chi connectivity index (χ3n) is 5.48. The highest BCUT2D eigenvalue weighted by Gasteiger charge is 2.35. The molecule has 1 aliphatic carbocycles. The van der Waals surface area contributed by atoms with E-state index in [9.17, 15) is 0 Å². The summed E-state index contributed by atoms with van der Waals surface area (Å²) in [6.45, 7) is 11.9. The molecule has 2 rings (SSSR count). The molecule has 4 heteroatoms. The Morgan fingerprint density at radius 2 is 1.86 bits per heavy atom. The van der Waals surface area contributed by atoms with Crippen LogP contribution in [-0.4, -0.2) is 73.9 Å². The van der Waals surface area contributed by atoms with Crippen LogP contribution in [0.3, 0.4) is 0 Å². The Bertz CT molecular complexity index is 308. The Kier molecular flexibility index (Phi) is 6.48. The molecule has 4 nitrogen and oxygen atoms in total. The van der Waals surface area contributed by atoms with E-state index in [4.69, 9.17) is 5.11 Å². The van der Waals surface area contributed by atoms with Crippen LogP contribution in [0.2, 0.25) is 0 Å². The van der Waals surface area contributed by atoms with Crippen LogP contribution in [0.4, 0.5) is 0 Å². The number of aliphatic hydroxyl groups excluding tert-OH is 1. The average Bonchev–Trinajstić information content (AvgIpc) is 2.64. The maximum Gasteiger partial charge on any atom is 0.0558 e. The zero-order chi connectivity index (χ0) is 15.3.